The van der Waals surface area contributed by atoms with Crippen LogP contribution in [0.5, 0.6) is 0 Å². The van der Waals surface area contributed by atoms with Gasteiger partial charge in [-0.3, -0.25) is 4.55 Å². The molecule has 2 aromatic heterocycles. The van der Waals surface area contributed by atoms with E-state index in [4.69, 9.17) is 8.97 Å². The molecule has 1 atom stereocenters. The third-order valence-electron chi connectivity index (χ3n) is 2.02. The zero-order chi connectivity index (χ0) is 14.0. The summed E-state index contributed by atoms with van der Waals surface area (Å²) in [6.07, 6.45) is -1.44. The molecule has 0 aromatic carbocycles. The SMILES string of the molecule is CN(Cc1ncc(-c2nnc(C(F)F)o2)s1)S(=O)O. The molecule has 0 bridgehead atoms. The third-order valence-corrected chi connectivity index (χ3v) is 3.65. The molecule has 0 fully saturated rings. The first-order valence-corrected chi connectivity index (χ1v) is 6.74. The minimum absolute atomic E-state index is 0.0492. The smallest absolute Gasteiger partial charge is 0.314 e. The van der Waals surface area contributed by atoms with E-state index in [0.29, 0.717) is 9.88 Å². The molecule has 11 heteroatoms. The van der Waals surface area contributed by atoms with Crippen LogP contribution in [0.4, 0.5) is 8.78 Å². The number of alkyl halides is 2. The van der Waals surface area contributed by atoms with Gasteiger partial charge in [0.25, 0.3) is 11.8 Å². The summed E-state index contributed by atoms with van der Waals surface area (Å²) in [7, 11) is 1.44. The Hall–Kier alpha value is -1.30. The summed E-state index contributed by atoms with van der Waals surface area (Å²) in [6.45, 7) is 0.142. The Labute approximate surface area is 112 Å². The Bertz CT molecular complexity index is 588. The van der Waals surface area contributed by atoms with E-state index < -0.39 is 23.6 Å². The van der Waals surface area contributed by atoms with Gasteiger partial charge in [0.15, 0.2) is 0 Å². The van der Waals surface area contributed by atoms with E-state index in [-0.39, 0.29) is 12.4 Å². The van der Waals surface area contributed by atoms with Crippen LogP contribution in [0.25, 0.3) is 10.8 Å². The first-order chi connectivity index (χ1) is 8.97. The standard InChI is InChI=1S/C8H8F2N4O3S2/c1-14(19(15)16)3-5-11-2-4(18-5)7-12-13-8(17-7)6(9)10/h2,6H,3H2,1H3,(H,15,16). The van der Waals surface area contributed by atoms with Gasteiger partial charge in [0.1, 0.15) is 9.88 Å². The molecule has 2 heterocycles. The quantitative estimate of drug-likeness (QED) is 0.845. The highest BCUT2D eigenvalue weighted by Gasteiger charge is 2.19. The number of thiazole rings is 1. The molecule has 1 N–H and O–H groups in total. The van der Waals surface area contributed by atoms with E-state index in [2.05, 4.69) is 15.2 Å². The Morgan fingerprint density at radius 2 is 2.32 bits per heavy atom. The average Bonchev–Trinajstić information content (AvgIpc) is 2.95. The van der Waals surface area contributed by atoms with Crippen molar-refractivity contribution in [3.05, 3.63) is 17.1 Å². The van der Waals surface area contributed by atoms with Crippen LogP contribution in [-0.4, -0.2) is 35.3 Å². The largest absolute Gasteiger partial charge is 0.414 e. The number of halogens is 2. The fraction of sp³-hybridized carbons (Fsp3) is 0.375. The number of hydrogen-bond donors (Lipinski definition) is 1. The van der Waals surface area contributed by atoms with Gasteiger partial charge in [-0.25, -0.2) is 9.19 Å². The number of aromatic nitrogens is 3. The maximum atomic E-state index is 12.3. The van der Waals surface area contributed by atoms with Crippen LogP contribution in [0, 0.1) is 0 Å². The molecular formula is C8H8F2N4O3S2. The van der Waals surface area contributed by atoms with Gasteiger partial charge in [0.2, 0.25) is 11.3 Å². The molecule has 0 amide bonds. The zero-order valence-corrected chi connectivity index (χ0v) is 11.1. The predicted octanol–water partition coefficient (Wildman–Crippen LogP) is 1.70. The van der Waals surface area contributed by atoms with Crippen LogP contribution in [0.3, 0.4) is 0 Å². The second-order valence-corrected chi connectivity index (χ2v) is 5.58. The minimum Gasteiger partial charge on any atom is -0.414 e. The van der Waals surface area contributed by atoms with E-state index in [1.807, 2.05) is 0 Å². The Morgan fingerprint density at radius 3 is 2.89 bits per heavy atom. The fourth-order valence-electron chi connectivity index (χ4n) is 1.15. The summed E-state index contributed by atoms with van der Waals surface area (Å²) in [5.74, 6) is -0.801. The summed E-state index contributed by atoms with van der Waals surface area (Å²) in [5, 5.41) is 7.21. The van der Waals surface area contributed by atoms with E-state index >= 15 is 0 Å². The highest BCUT2D eigenvalue weighted by atomic mass is 32.2. The molecule has 1 unspecified atom stereocenters. The van der Waals surface area contributed by atoms with Crippen molar-refractivity contribution in [3.63, 3.8) is 0 Å². The summed E-state index contributed by atoms with van der Waals surface area (Å²) >= 11 is -0.981. The monoisotopic (exact) mass is 310 g/mol. The molecule has 0 aliphatic rings. The van der Waals surface area contributed by atoms with Crippen molar-refractivity contribution < 1.29 is 22.0 Å². The zero-order valence-electron chi connectivity index (χ0n) is 9.49. The molecule has 2 aromatic rings. The maximum Gasteiger partial charge on any atom is 0.314 e. The highest BCUT2D eigenvalue weighted by Crippen LogP contribution is 2.27. The second-order valence-electron chi connectivity index (χ2n) is 3.38. The van der Waals surface area contributed by atoms with Crippen molar-refractivity contribution in [2.45, 2.75) is 13.0 Å². The van der Waals surface area contributed by atoms with Gasteiger partial charge in [-0.1, -0.05) is 0 Å². The predicted molar refractivity (Wildman–Crippen MR) is 62.6 cm³/mol. The van der Waals surface area contributed by atoms with Crippen LogP contribution >= 0.6 is 11.3 Å². The molecule has 104 valence electrons. The second kappa shape index (κ2) is 5.77. The normalized spacial score (nSPS) is 13.4. The fourth-order valence-corrected chi connectivity index (χ4v) is 2.36. The first-order valence-electron chi connectivity index (χ1n) is 4.86. The molecule has 7 nitrogen and oxygen atoms in total. The number of nitrogens with zero attached hydrogens (tertiary/aromatic N) is 4. The van der Waals surface area contributed by atoms with Crippen molar-refractivity contribution in [1.82, 2.24) is 19.5 Å². The molecule has 0 radical (unpaired) electrons. The number of hydrogen-bond acceptors (Lipinski definition) is 6. The molecule has 0 saturated heterocycles. The summed E-state index contributed by atoms with van der Waals surface area (Å²) in [5.41, 5.74) is 0. The lowest BCUT2D eigenvalue weighted by atomic mass is 10.5. The van der Waals surface area contributed by atoms with Gasteiger partial charge in [-0.05, 0) is 0 Å². The van der Waals surface area contributed by atoms with Crippen LogP contribution in [0.2, 0.25) is 0 Å². The van der Waals surface area contributed by atoms with Crippen LogP contribution < -0.4 is 0 Å². The Kier molecular flexibility index (Phi) is 4.29. The van der Waals surface area contributed by atoms with Gasteiger partial charge in [-0.2, -0.15) is 13.1 Å². The first kappa shape index (κ1) is 14.1. The van der Waals surface area contributed by atoms with Gasteiger partial charge >= 0.3 is 6.43 Å². The van der Waals surface area contributed by atoms with Crippen LogP contribution in [0.1, 0.15) is 17.3 Å². The lowest BCUT2D eigenvalue weighted by Crippen LogP contribution is -2.19. The van der Waals surface area contributed by atoms with Crippen molar-refractivity contribution >= 4 is 22.6 Å². The molecule has 0 aliphatic heterocycles. The average molecular weight is 310 g/mol. The van der Waals surface area contributed by atoms with E-state index in [0.717, 1.165) is 15.6 Å². The van der Waals surface area contributed by atoms with Gasteiger partial charge in [-0.15, -0.1) is 21.5 Å². The van der Waals surface area contributed by atoms with Crippen molar-refractivity contribution in [2.75, 3.05) is 7.05 Å². The van der Waals surface area contributed by atoms with Gasteiger partial charge in [0.05, 0.1) is 12.7 Å². The van der Waals surface area contributed by atoms with Gasteiger partial charge < -0.3 is 4.42 Å². The van der Waals surface area contributed by atoms with E-state index in [1.54, 1.807) is 0 Å². The molecule has 2 rings (SSSR count). The van der Waals surface area contributed by atoms with E-state index in [1.165, 1.54) is 13.2 Å². The van der Waals surface area contributed by atoms with Crippen LogP contribution in [-0.2, 0) is 17.8 Å². The van der Waals surface area contributed by atoms with Crippen molar-refractivity contribution in [2.24, 2.45) is 0 Å². The molecule has 0 spiro atoms. The van der Waals surface area contributed by atoms with Crippen LogP contribution in [0.15, 0.2) is 10.6 Å². The lowest BCUT2D eigenvalue weighted by Gasteiger charge is -2.07. The van der Waals surface area contributed by atoms with Crippen molar-refractivity contribution in [1.29, 1.82) is 0 Å². The summed E-state index contributed by atoms with van der Waals surface area (Å²) in [4.78, 5) is 4.41. The molecule has 0 aliphatic carbocycles. The van der Waals surface area contributed by atoms with E-state index in [9.17, 15) is 13.0 Å². The topological polar surface area (TPSA) is 92.4 Å². The summed E-state index contributed by atoms with van der Waals surface area (Å²) < 4.78 is 50.1. The molecule has 19 heavy (non-hydrogen) atoms. The van der Waals surface area contributed by atoms with Crippen molar-refractivity contribution in [3.8, 4) is 10.8 Å². The maximum absolute atomic E-state index is 12.3. The summed E-state index contributed by atoms with van der Waals surface area (Å²) in [6, 6.07) is 0. The lowest BCUT2D eigenvalue weighted by molar-refractivity contribution is 0.116. The Balaban J connectivity index is 2.13. The number of rotatable bonds is 5. The third kappa shape index (κ3) is 3.37. The Morgan fingerprint density at radius 1 is 1.58 bits per heavy atom. The van der Waals surface area contributed by atoms with Gasteiger partial charge in [0, 0.05) is 7.05 Å². The molecule has 0 saturated carbocycles. The molecular weight excluding hydrogens is 302 g/mol. The minimum atomic E-state index is -2.82. The highest BCUT2D eigenvalue weighted by molar-refractivity contribution is 7.76.